The first-order valence-electron chi connectivity index (χ1n) is 7.92. The first-order chi connectivity index (χ1) is 10.3. The van der Waals surface area contributed by atoms with Crippen molar-refractivity contribution in [1.29, 1.82) is 0 Å². The molecule has 0 amide bonds. The molecule has 1 saturated carbocycles. The molecule has 2 fully saturated rings. The number of methoxy groups -OCH3 is 2. The monoisotopic (exact) mass is 290 g/mol. The van der Waals surface area contributed by atoms with E-state index in [-0.39, 0.29) is 6.04 Å². The van der Waals surface area contributed by atoms with Gasteiger partial charge in [0.05, 0.1) is 20.3 Å². The van der Waals surface area contributed by atoms with Gasteiger partial charge in [-0.05, 0) is 30.7 Å². The van der Waals surface area contributed by atoms with Gasteiger partial charge in [0.25, 0.3) is 0 Å². The molecule has 3 rings (SSSR count). The highest BCUT2D eigenvalue weighted by Gasteiger charge is 2.39. The predicted molar refractivity (Wildman–Crippen MR) is 83.7 cm³/mol. The second-order valence-electron chi connectivity index (χ2n) is 6.26. The summed E-state index contributed by atoms with van der Waals surface area (Å²) in [5.41, 5.74) is 7.28. The molecule has 21 heavy (non-hydrogen) atoms. The molecular formula is C17H26N2O2. The van der Waals surface area contributed by atoms with Gasteiger partial charge in [-0.15, -0.1) is 0 Å². The van der Waals surface area contributed by atoms with Crippen molar-refractivity contribution in [3.8, 4) is 11.5 Å². The van der Waals surface area contributed by atoms with Crippen LogP contribution in [0.25, 0.3) is 0 Å². The number of nitrogens with two attached hydrogens (primary N) is 1. The summed E-state index contributed by atoms with van der Waals surface area (Å²) in [7, 11) is 3.39. The number of hydrogen-bond acceptors (Lipinski definition) is 4. The molecule has 1 aromatic rings. The summed E-state index contributed by atoms with van der Waals surface area (Å²) in [5.74, 6) is 3.46. The fourth-order valence-electron chi connectivity index (χ4n) is 4.09. The Morgan fingerprint density at radius 2 is 1.90 bits per heavy atom. The van der Waals surface area contributed by atoms with E-state index in [4.69, 9.17) is 15.2 Å². The van der Waals surface area contributed by atoms with Crippen LogP contribution in [-0.4, -0.2) is 38.8 Å². The summed E-state index contributed by atoms with van der Waals surface area (Å²) < 4.78 is 10.8. The molecule has 1 aromatic carbocycles. The highest BCUT2D eigenvalue weighted by molar-refractivity contribution is 5.42. The maximum atomic E-state index is 6.10. The van der Waals surface area contributed by atoms with Gasteiger partial charge in [-0.3, -0.25) is 4.90 Å². The number of nitrogens with zero attached hydrogens (tertiary/aromatic N) is 1. The van der Waals surface area contributed by atoms with Gasteiger partial charge in [0.2, 0.25) is 0 Å². The molecule has 3 unspecified atom stereocenters. The summed E-state index contributed by atoms with van der Waals surface area (Å²) in [4.78, 5) is 2.55. The zero-order chi connectivity index (χ0) is 14.8. The molecule has 0 aromatic heterocycles. The van der Waals surface area contributed by atoms with Crippen LogP contribution >= 0.6 is 0 Å². The molecule has 0 radical (unpaired) electrons. The van der Waals surface area contributed by atoms with E-state index >= 15 is 0 Å². The van der Waals surface area contributed by atoms with Crippen molar-refractivity contribution >= 4 is 0 Å². The smallest absolute Gasteiger partial charge is 0.127 e. The SMILES string of the molecule is COc1ccc(C(CN)N2CC3CCCC3C2)c(OC)c1. The van der Waals surface area contributed by atoms with Crippen LogP contribution in [0.1, 0.15) is 30.9 Å². The predicted octanol–water partition coefficient (Wildman–Crippen LogP) is 2.44. The zero-order valence-electron chi connectivity index (χ0n) is 13.0. The number of hydrogen-bond donors (Lipinski definition) is 1. The summed E-state index contributed by atoms with van der Waals surface area (Å²) in [6.07, 6.45) is 4.18. The van der Waals surface area contributed by atoms with Crippen molar-refractivity contribution in [2.75, 3.05) is 33.9 Å². The maximum absolute atomic E-state index is 6.10. The van der Waals surface area contributed by atoms with Crippen molar-refractivity contribution in [3.63, 3.8) is 0 Å². The van der Waals surface area contributed by atoms with Crippen LogP contribution in [-0.2, 0) is 0 Å². The molecule has 1 aliphatic carbocycles. The van der Waals surface area contributed by atoms with Crippen molar-refractivity contribution < 1.29 is 9.47 Å². The lowest BCUT2D eigenvalue weighted by Gasteiger charge is -2.29. The molecule has 2 aliphatic rings. The second-order valence-corrected chi connectivity index (χ2v) is 6.26. The van der Waals surface area contributed by atoms with Gasteiger partial charge in [-0.1, -0.05) is 12.5 Å². The minimum Gasteiger partial charge on any atom is -0.497 e. The van der Waals surface area contributed by atoms with Gasteiger partial charge in [-0.25, -0.2) is 0 Å². The Kier molecular flexibility index (Phi) is 4.36. The summed E-state index contributed by atoms with van der Waals surface area (Å²) in [5, 5.41) is 0. The molecule has 1 heterocycles. The van der Waals surface area contributed by atoms with E-state index in [2.05, 4.69) is 11.0 Å². The Bertz CT molecular complexity index is 480. The Balaban J connectivity index is 1.83. The van der Waals surface area contributed by atoms with Crippen molar-refractivity contribution in [2.24, 2.45) is 17.6 Å². The van der Waals surface area contributed by atoms with E-state index in [1.165, 1.54) is 37.9 Å². The van der Waals surface area contributed by atoms with Gasteiger partial charge in [0.15, 0.2) is 0 Å². The number of benzene rings is 1. The lowest BCUT2D eigenvalue weighted by Crippen LogP contribution is -2.33. The molecule has 3 atom stereocenters. The second kappa shape index (κ2) is 6.24. The molecule has 1 aliphatic heterocycles. The average molecular weight is 290 g/mol. The first-order valence-corrected chi connectivity index (χ1v) is 7.92. The number of fused-ring (bicyclic) bond motifs is 1. The summed E-state index contributed by atoms with van der Waals surface area (Å²) in [6, 6.07) is 6.30. The average Bonchev–Trinajstić information content (AvgIpc) is 3.10. The van der Waals surface area contributed by atoms with Crippen LogP contribution in [0.2, 0.25) is 0 Å². The maximum Gasteiger partial charge on any atom is 0.127 e. The van der Waals surface area contributed by atoms with Crippen LogP contribution in [0.15, 0.2) is 18.2 Å². The molecule has 4 nitrogen and oxygen atoms in total. The number of ether oxygens (including phenoxy) is 2. The quantitative estimate of drug-likeness (QED) is 0.905. The minimum atomic E-state index is 0.247. The van der Waals surface area contributed by atoms with Gasteiger partial charge >= 0.3 is 0 Å². The zero-order valence-corrected chi connectivity index (χ0v) is 13.0. The first kappa shape index (κ1) is 14.7. The van der Waals surface area contributed by atoms with Crippen LogP contribution in [0.3, 0.4) is 0 Å². The molecule has 116 valence electrons. The highest BCUT2D eigenvalue weighted by Crippen LogP contribution is 2.42. The molecule has 2 N–H and O–H groups in total. The van der Waals surface area contributed by atoms with E-state index in [1.54, 1.807) is 14.2 Å². The van der Waals surface area contributed by atoms with Crippen LogP contribution < -0.4 is 15.2 Å². The molecule has 4 heteroatoms. The van der Waals surface area contributed by atoms with Crippen LogP contribution in [0.5, 0.6) is 11.5 Å². The van der Waals surface area contributed by atoms with Crippen molar-refractivity contribution in [1.82, 2.24) is 4.90 Å². The normalized spacial score (nSPS) is 26.6. The third kappa shape index (κ3) is 2.74. The van der Waals surface area contributed by atoms with Crippen molar-refractivity contribution in [2.45, 2.75) is 25.3 Å². The van der Waals surface area contributed by atoms with Crippen molar-refractivity contribution in [3.05, 3.63) is 23.8 Å². The van der Waals surface area contributed by atoms with E-state index in [1.807, 2.05) is 12.1 Å². The Hall–Kier alpha value is -1.26. The Morgan fingerprint density at radius 3 is 2.48 bits per heavy atom. The highest BCUT2D eigenvalue weighted by atomic mass is 16.5. The van der Waals surface area contributed by atoms with E-state index in [9.17, 15) is 0 Å². The van der Waals surface area contributed by atoms with Gasteiger partial charge < -0.3 is 15.2 Å². The van der Waals surface area contributed by atoms with Crippen LogP contribution in [0.4, 0.5) is 0 Å². The van der Waals surface area contributed by atoms with Gasteiger partial charge in [0, 0.05) is 31.3 Å². The van der Waals surface area contributed by atoms with Gasteiger partial charge in [0.1, 0.15) is 11.5 Å². The third-order valence-electron chi connectivity index (χ3n) is 5.22. The van der Waals surface area contributed by atoms with E-state index in [0.717, 1.165) is 23.3 Å². The molecule has 0 spiro atoms. The standard InChI is InChI=1S/C17H26N2O2/c1-20-14-6-7-15(17(8-14)21-2)16(9-18)19-10-12-4-3-5-13(12)11-19/h6-8,12-13,16H,3-5,9-11,18H2,1-2H3. The third-order valence-corrected chi connectivity index (χ3v) is 5.22. The fraction of sp³-hybridized carbons (Fsp3) is 0.647. The largest absolute Gasteiger partial charge is 0.497 e. The minimum absolute atomic E-state index is 0.247. The molecular weight excluding hydrogens is 264 g/mol. The Labute approximate surface area is 127 Å². The lowest BCUT2D eigenvalue weighted by atomic mass is 10.0. The van der Waals surface area contributed by atoms with Gasteiger partial charge in [-0.2, -0.15) is 0 Å². The topological polar surface area (TPSA) is 47.7 Å². The van der Waals surface area contributed by atoms with E-state index < -0.39 is 0 Å². The summed E-state index contributed by atoms with van der Waals surface area (Å²) >= 11 is 0. The Morgan fingerprint density at radius 1 is 1.19 bits per heavy atom. The number of rotatable bonds is 5. The van der Waals surface area contributed by atoms with E-state index in [0.29, 0.717) is 6.54 Å². The lowest BCUT2D eigenvalue weighted by molar-refractivity contribution is 0.226. The number of likely N-dealkylation sites (tertiary alicyclic amines) is 1. The van der Waals surface area contributed by atoms with Crippen LogP contribution in [0, 0.1) is 11.8 Å². The molecule has 1 saturated heterocycles. The molecule has 0 bridgehead atoms. The fourth-order valence-corrected chi connectivity index (χ4v) is 4.09. The summed E-state index contributed by atoms with van der Waals surface area (Å²) in [6.45, 7) is 2.99.